The number of amides is 3. The number of carbonyl (C=O) groups is 2. The lowest BCUT2D eigenvalue weighted by molar-refractivity contribution is -0.126. The van der Waals surface area contributed by atoms with Crippen molar-refractivity contribution in [1.29, 1.82) is 0 Å². The summed E-state index contributed by atoms with van der Waals surface area (Å²) in [5, 5.41) is 6.08. The first-order chi connectivity index (χ1) is 15.2. The smallest absolute Gasteiger partial charge is 0.321 e. The van der Waals surface area contributed by atoms with Crippen LogP contribution in [0.5, 0.6) is 0 Å². The Labute approximate surface area is 183 Å². The number of likely N-dealkylation sites (tertiary alicyclic amines) is 2. The zero-order chi connectivity index (χ0) is 21.5. The molecular weight excluding hydrogens is 392 g/mol. The van der Waals surface area contributed by atoms with Gasteiger partial charge in [0.2, 0.25) is 5.91 Å². The number of furan rings is 1. The molecule has 0 radical (unpaired) electrons. The van der Waals surface area contributed by atoms with E-state index in [1.807, 2.05) is 42.5 Å². The Morgan fingerprint density at radius 1 is 0.968 bits per heavy atom. The van der Waals surface area contributed by atoms with E-state index in [1.54, 1.807) is 11.2 Å². The summed E-state index contributed by atoms with van der Waals surface area (Å²) < 4.78 is 5.67. The lowest BCUT2D eigenvalue weighted by Crippen LogP contribution is -2.46. The van der Waals surface area contributed by atoms with Gasteiger partial charge in [0.25, 0.3) is 0 Å². The standard InChI is InChI=1S/C24H32N4O3/c29-23(25-18-21(22-10-7-17-31-22)27-13-5-2-6-14-27)19-11-15-28(16-12-19)24(30)26-20-8-3-1-4-9-20/h1,3-4,7-10,17,19,21H,2,5-6,11-16,18H2,(H,25,29)(H,26,30)/t21-/m0/s1. The van der Waals surface area contributed by atoms with E-state index in [1.165, 1.54) is 19.3 Å². The molecule has 2 aliphatic rings. The molecule has 31 heavy (non-hydrogen) atoms. The van der Waals surface area contributed by atoms with Crippen LogP contribution in [0.15, 0.2) is 53.1 Å². The van der Waals surface area contributed by atoms with E-state index in [0.717, 1.165) is 24.5 Å². The van der Waals surface area contributed by atoms with E-state index in [-0.39, 0.29) is 23.9 Å². The second kappa shape index (κ2) is 10.5. The third-order valence-corrected chi connectivity index (χ3v) is 6.35. The minimum absolute atomic E-state index is 0.0561. The Kier molecular flexibility index (Phi) is 7.25. The quantitative estimate of drug-likeness (QED) is 0.738. The molecule has 1 aromatic heterocycles. The van der Waals surface area contributed by atoms with Gasteiger partial charge in [-0.25, -0.2) is 4.79 Å². The van der Waals surface area contributed by atoms with E-state index < -0.39 is 0 Å². The van der Waals surface area contributed by atoms with Crippen LogP contribution in [0.1, 0.15) is 43.9 Å². The van der Waals surface area contributed by atoms with Crippen LogP contribution in [0.3, 0.4) is 0 Å². The van der Waals surface area contributed by atoms with Gasteiger partial charge < -0.3 is 20.0 Å². The molecule has 166 valence electrons. The van der Waals surface area contributed by atoms with Crippen LogP contribution in [0.25, 0.3) is 0 Å². The van der Waals surface area contributed by atoms with Crippen molar-refractivity contribution >= 4 is 17.6 Å². The largest absolute Gasteiger partial charge is 0.468 e. The zero-order valence-electron chi connectivity index (χ0n) is 18.0. The maximum atomic E-state index is 12.8. The van der Waals surface area contributed by atoms with Crippen molar-refractivity contribution in [3.63, 3.8) is 0 Å². The fourth-order valence-electron chi connectivity index (χ4n) is 4.53. The number of hydrogen-bond donors (Lipinski definition) is 2. The SMILES string of the molecule is O=C(NC[C@@H](c1ccco1)N1CCCCC1)C1CCN(C(=O)Nc2ccccc2)CC1. The fraction of sp³-hybridized carbons (Fsp3) is 0.500. The molecule has 2 aromatic rings. The van der Waals surface area contributed by atoms with Crippen LogP contribution in [0, 0.1) is 5.92 Å². The number of benzene rings is 1. The van der Waals surface area contributed by atoms with E-state index >= 15 is 0 Å². The minimum atomic E-state index is -0.104. The number of nitrogens with zero attached hydrogens (tertiary/aromatic N) is 2. The minimum Gasteiger partial charge on any atom is -0.468 e. The molecule has 2 aliphatic heterocycles. The molecule has 2 fully saturated rings. The number of para-hydroxylation sites is 1. The number of piperidine rings is 2. The van der Waals surface area contributed by atoms with Gasteiger partial charge in [0, 0.05) is 31.2 Å². The molecule has 0 saturated carbocycles. The summed E-state index contributed by atoms with van der Waals surface area (Å²) in [6.45, 7) is 3.81. The van der Waals surface area contributed by atoms with Crippen molar-refractivity contribution in [2.75, 3.05) is 38.0 Å². The van der Waals surface area contributed by atoms with Crippen LogP contribution in [0.2, 0.25) is 0 Å². The lowest BCUT2D eigenvalue weighted by Gasteiger charge is -2.34. The molecule has 0 spiro atoms. The third-order valence-electron chi connectivity index (χ3n) is 6.35. The van der Waals surface area contributed by atoms with Gasteiger partial charge in [0.05, 0.1) is 12.3 Å². The summed E-state index contributed by atoms with van der Waals surface area (Å²) in [5.41, 5.74) is 0.786. The number of hydrogen-bond acceptors (Lipinski definition) is 4. The van der Waals surface area contributed by atoms with Gasteiger partial charge in [0.15, 0.2) is 0 Å². The molecule has 1 aromatic carbocycles. The van der Waals surface area contributed by atoms with Crippen LogP contribution >= 0.6 is 0 Å². The summed E-state index contributed by atoms with van der Waals surface area (Å²) in [5.74, 6) is 0.936. The van der Waals surface area contributed by atoms with Crippen molar-refractivity contribution in [2.45, 2.75) is 38.1 Å². The molecule has 7 nitrogen and oxygen atoms in total. The zero-order valence-corrected chi connectivity index (χ0v) is 18.0. The summed E-state index contributed by atoms with van der Waals surface area (Å²) in [6.07, 6.45) is 6.71. The second-order valence-corrected chi connectivity index (χ2v) is 8.43. The Hall–Kier alpha value is -2.80. The van der Waals surface area contributed by atoms with Crippen molar-refractivity contribution in [3.05, 3.63) is 54.5 Å². The third kappa shape index (κ3) is 5.67. The monoisotopic (exact) mass is 424 g/mol. The average Bonchev–Trinajstić information content (AvgIpc) is 3.35. The molecule has 3 amide bonds. The summed E-state index contributed by atoms with van der Waals surface area (Å²) in [4.78, 5) is 29.5. The van der Waals surface area contributed by atoms with Crippen molar-refractivity contribution in [2.24, 2.45) is 5.92 Å². The van der Waals surface area contributed by atoms with E-state index in [4.69, 9.17) is 4.42 Å². The normalized spacial score (nSPS) is 19.0. The molecular formula is C24H32N4O3. The van der Waals surface area contributed by atoms with Crippen LogP contribution in [-0.4, -0.2) is 54.5 Å². The maximum Gasteiger partial charge on any atom is 0.321 e. The van der Waals surface area contributed by atoms with Gasteiger partial charge in [-0.1, -0.05) is 24.6 Å². The highest BCUT2D eigenvalue weighted by atomic mass is 16.3. The molecule has 2 N–H and O–H groups in total. The van der Waals surface area contributed by atoms with Gasteiger partial charge in [-0.15, -0.1) is 0 Å². The Morgan fingerprint density at radius 2 is 1.71 bits per heavy atom. The number of anilines is 1. The first kappa shape index (κ1) is 21.4. The Morgan fingerprint density at radius 3 is 2.39 bits per heavy atom. The number of urea groups is 1. The van der Waals surface area contributed by atoms with E-state index in [0.29, 0.717) is 32.5 Å². The van der Waals surface area contributed by atoms with Gasteiger partial charge in [0.1, 0.15) is 5.76 Å². The predicted octanol–water partition coefficient (Wildman–Crippen LogP) is 3.87. The first-order valence-corrected chi connectivity index (χ1v) is 11.4. The molecule has 4 rings (SSSR count). The number of rotatable bonds is 6. The average molecular weight is 425 g/mol. The highest BCUT2D eigenvalue weighted by Gasteiger charge is 2.29. The van der Waals surface area contributed by atoms with Crippen molar-refractivity contribution in [3.8, 4) is 0 Å². The first-order valence-electron chi connectivity index (χ1n) is 11.4. The lowest BCUT2D eigenvalue weighted by atomic mass is 9.96. The van der Waals surface area contributed by atoms with Crippen LogP contribution in [-0.2, 0) is 4.79 Å². The molecule has 0 bridgehead atoms. The predicted molar refractivity (Wildman–Crippen MR) is 120 cm³/mol. The fourth-order valence-corrected chi connectivity index (χ4v) is 4.53. The van der Waals surface area contributed by atoms with Crippen molar-refractivity contribution in [1.82, 2.24) is 15.1 Å². The summed E-state index contributed by atoms with van der Waals surface area (Å²) >= 11 is 0. The Balaban J connectivity index is 1.26. The summed E-state index contributed by atoms with van der Waals surface area (Å²) in [7, 11) is 0. The Bertz CT molecular complexity index is 826. The van der Waals surface area contributed by atoms with Crippen molar-refractivity contribution < 1.29 is 14.0 Å². The van der Waals surface area contributed by atoms with Crippen LogP contribution < -0.4 is 10.6 Å². The molecule has 0 aliphatic carbocycles. The van der Waals surface area contributed by atoms with E-state index in [9.17, 15) is 9.59 Å². The second-order valence-electron chi connectivity index (χ2n) is 8.43. The highest BCUT2D eigenvalue weighted by molar-refractivity contribution is 5.89. The summed E-state index contributed by atoms with van der Waals surface area (Å²) in [6, 6.07) is 13.3. The van der Waals surface area contributed by atoms with E-state index in [2.05, 4.69) is 15.5 Å². The maximum absolute atomic E-state index is 12.8. The van der Waals surface area contributed by atoms with Gasteiger partial charge >= 0.3 is 6.03 Å². The number of nitrogens with one attached hydrogen (secondary N) is 2. The molecule has 7 heteroatoms. The van der Waals surface area contributed by atoms with Gasteiger partial charge in [-0.05, 0) is 63.0 Å². The highest BCUT2D eigenvalue weighted by Crippen LogP contribution is 2.25. The molecule has 1 atom stereocenters. The van der Waals surface area contributed by atoms with Gasteiger partial charge in [-0.2, -0.15) is 0 Å². The van der Waals surface area contributed by atoms with Crippen LogP contribution in [0.4, 0.5) is 10.5 Å². The molecule has 0 unspecified atom stereocenters. The number of carbonyl (C=O) groups excluding carboxylic acids is 2. The molecule has 2 saturated heterocycles. The van der Waals surface area contributed by atoms with Gasteiger partial charge in [-0.3, -0.25) is 9.69 Å². The molecule has 3 heterocycles. The topological polar surface area (TPSA) is 77.8 Å².